The van der Waals surface area contributed by atoms with Crippen LogP contribution in [0.4, 0.5) is 5.95 Å². The minimum atomic E-state index is -0.222. The van der Waals surface area contributed by atoms with Crippen LogP contribution in [0.25, 0.3) is 0 Å². The van der Waals surface area contributed by atoms with Crippen molar-refractivity contribution in [3.63, 3.8) is 0 Å². The first kappa shape index (κ1) is 13.9. The maximum Gasteiger partial charge on any atom is 0.223 e. The van der Waals surface area contributed by atoms with Crippen LogP contribution in [0, 0.1) is 0 Å². The summed E-state index contributed by atoms with van der Waals surface area (Å²) in [6, 6.07) is 10.4. The molecular formula is C16H20N4O. The SMILES string of the molecule is CCc1nc(N)nc(C2(c3ccccc3)CCOCC2)n1. The number of hydrogen-bond acceptors (Lipinski definition) is 5. The smallest absolute Gasteiger partial charge is 0.223 e. The second kappa shape index (κ2) is 5.77. The van der Waals surface area contributed by atoms with Crippen molar-refractivity contribution in [1.29, 1.82) is 0 Å². The molecule has 0 bridgehead atoms. The standard InChI is InChI=1S/C16H20N4O/c1-2-13-18-14(20-15(17)19-13)16(8-10-21-11-9-16)12-6-4-3-5-7-12/h3-7H,2,8-11H2,1H3,(H2,17,18,19,20). The van der Waals surface area contributed by atoms with Gasteiger partial charge >= 0.3 is 0 Å². The number of aryl methyl sites for hydroxylation is 1. The Balaban J connectivity index is 2.14. The van der Waals surface area contributed by atoms with Gasteiger partial charge in [-0.05, 0) is 18.4 Å². The first-order chi connectivity index (χ1) is 10.2. The van der Waals surface area contributed by atoms with Crippen molar-refractivity contribution in [1.82, 2.24) is 15.0 Å². The Bertz CT molecular complexity index is 609. The molecule has 1 aromatic carbocycles. The van der Waals surface area contributed by atoms with Gasteiger partial charge in [0.15, 0.2) is 0 Å². The van der Waals surface area contributed by atoms with E-state index >= 15 is 0 Å². The van der Waals surface area contributed by atoms with Crippen molar-refractivity contribution in [3.05, 3.63) is 47.5 Å². The molecule has 3 rings (SSSR count). The van der Waals surface area contributed by atoms with Gasteiger partial charge < -0.3 is 10.5 Å². The molecule has 21 heavy (non-hydrogen) atoms. The van der Waals surface area contributed by atoms with E-state index in [0.717, 1.165) is 30.9 Å². The summed E-state index contributed by atoms with van der Waals surface area (Å²) >= 11 is 0. The highest BCUT2D eigenvalue weighted by molar-refractivity contribution is 5.35. The third-order valence-corrected chi connectivity index (χ3v) is 4.12. The molecule has 2 N–H and O–H groups in total. The van der Waals surface area contributed by atoms with Gasteiger partial charge in [-0.25, -0.2) is 4.98 Å². The van der Waals surface area contributed by atoms with Gasteiger partial charge in [0.2, 0.25) is 5.95 Å². The van der Waals surface area contributed by atoms with E-state index in [4.69, 9.17) is 10.5 Å². The zero-order valence-corrected chi connectivity index (χ0v) is 12.2. The van der Waals surface area contributed by atoms with Crippen LogP contribution in [0.5, 0.6) is 0 Å². The van der Waals surface area contributed by atoms with Gasteiger partial charge in [-0.15, -0.1) is 0 Å². The maximum absolute atomic E-state index is 5.89. The minimum Gasteiger partial charge on any atom is -0.381 e. The first-order valence-corrected chi connectivity index (χ1v) is 7.39. The number of anilines is 1. The number of hydrogen-bond donors (Lipinski definition) is 1. The topological polar surface area (TPSA) is 73.9 Å². The molecule has 2 aromatic rings. The third-order valence-electron chi connectivity index (χ3n) is 4.12. The van der Waals surface area contributed by atoms with Crippen molar-refractivity contribution in [3.8, 4) is 0 Å². The lowest BCUT2D eigenvalue weighted by Crippen LogP contribution is -2.37. The van der Waals surface area contributed by atoms with Gasteiger partial charge in [-0.2, -0.15) is 9.97 Å². The van der Waals surface area contributed by atoms with Crippen LogP contribution in [0.2, 0.25) is 0 Å². The Labute approximate surface area is 124 Å². The molecule has 0 spiro atoms. The van der Waals surface area contributed by atoms with Crippen molar-refractivity contribution in [2.24, 2.45) is 0 Å². The van der Waals surface area contributed by atoms with E-state index in [1.165, 1.54) is 5.56 Å². The fourth-order valence-electron chi connectivity index (χ4n) is 2.93. The molecule has 1 fully saturated rings. The van der Waals surface area contributed by atoms with Crippen molar-refractivity contribution >= 4 is 5.95 Å². The molecule has 2 heterocycles. The quantitative estimate of drug-likeness (QED) is 0.934. The molecule has 1 aliphatic rings. The molecule has 5 nitrogen and oxygen atoms in total. The zero-order valence-electron chi connectivity index (χ0n) is 12.2. The lowest BCUT2D eigenvalue weighted by molar-refractivity contribution is 0.0603. The lowest BCUT2D eigenvalue weighted by Gasteiger charge is -2.36. The van der Waals surface area contributed by atoms with Gasteiger partial charge in [0.1, 0.15) is 11.6 Å². The molecule has 110 valence electrons. The Morgan fingerprint density at radius 3 is 2.48 bits per heavy atom. The predicted octanol–water partition coefficient (Wildman–Crippen LogP) is 2.11. The van der Waals surface area contributed by atoms with Crippen LogP contribution in [0.15, 0.2) is 30.3 Å². The molecule has 0 aliphatic carbocycles. The summed E-state index contributed by atoms with van der Waals surface area (Å²) in [5.41, 5.74) is 6.89. The van der Waals surface area contributed by atoms with Crippen LogP contribution in [0.1, 0.15) is 37.0 Å². The molecule has 1 aliphatic heterocycles. The van der Waals surface area contributed by atoms with E-state index in [9.17, 15) is 0 Å². The van der Waals surface area contributed by atoms with Gasteiger partial charge in [0.25, 0.3) is 0 Å². The van der Waals surface area contributed by atoms with Gasteiger partial charge in [-0.1, -0.05) is 37.3 Å². The number of nitrogen functional groups attached to an aromatic ring is 1. The number of ether oxygens (including phenoxy) is 1. The van der Waals surface area contributed by atoms with Crippen LogP contribution >= 0.6 is 0 Å². The average Bonchev–Trinajstić information content (AvgIpc) is 2.55. The summed E-state index contributed by atoms with van der Waals surface area (Å²) in [5, 5.41) is 0. The van der Waals surface area contributed by atoms with E-state index in [1.54, 1.807) is 0 Å². The average molecular weight is 284 g/mol. The second-order valence-corrected chi connectivity index (χ2v) is 5.35. The molecule has 1 saturated heterocycles. The number of benzene rings is 1. The molecule has 0 atom stereocenters. The zero-order chi connectivity index (χ0) is 14.7. The van der Waals surface area contributed by atoms with Crippen molar-refractivity contribution < 1.29 is 4.74 Å². The Hall–Kier alpha value is -2.01. The molecule has 0 radical (unpaired) electrons. The highest BCUT2D eigenvalue weighted by Gasteiger charge is 2.39. The van der Waals surface area contributed by atoms with Crippen molar-refractivity contribution in [2.45, 2.75) is 31.6 Å². The van der Waals surface area contributed by atoms with E-state index in [-0.39, 0.29) is 5.41 Å². The molecule has 1 aromatic heterocycles. The van der Waals surface area contributed by atoms with E-state index in [0.29, 0.717) is 19.2 Å². The summed E-state index contributed by atoms with van der Waals surface area (Å²) in [7, 11) is 0. The van der Waals surface area contributed by atoms with Gasteiger partial charge in [0.05, 0.1) is 5.41 Å². The molecule has 0 amide bonds. The Morgan fingerprint density at radius 1 is 1.10 bits per heavy atom. The third kappa shape index (κ3) is 2.61. The molecule has 0 unspecified atom stereocenters. The van der Waals surface area contributed by atoms with Crippen LogP contribution < -0.4 is 5.73 Å². The molecule has 0 saturated carbocycles. The number of aromatic nitrogens is 3. The summed E-state index contributed by atoms with van der Waals surface area (Å²) in [6.07, 6.45) is 2.48. The number of nitrogens with two attached hydrogens (primary N) is 1. The molecular weight excluding hydrogens is 264 g/mol. The fourth-order valence-corrected chi connectivity index (χ4v) is 2.93. The van der Waals surface area contributed by atoms with E-state index in [2.05, 4.69) is 39.2 Å². The maximum atomic E-state index is 5.89. The molecule has 5 heteroatoms. The summed E-state index contributed by atoms with van der Waals surface area (Å²) in [5.74, 6) is 1.83. The summed E-state index contributed by atoms with van der Waals surface area (Å²) in [4.78, 5) is 13.3. The number of nitrogens with zero attached hydrogens (tertiary/aromatic N) is 3. The lowest BCUT2D eigenvalue weighted by atomic mass is 9.73. The minimum absolute atomic E-state index is 0.222. The van der Waals surface area contributed by atoms with Crippen LogP contribution in [0.3, 0.4) is 0 Å². The van der Waals surface area contributed by atoms with Gasteiger partial charge in [-0.3, -0.25) is 0 Å². The highest BCUT2D eigenvalue weighted by atomic mass is 16.5. The van der Waals surface area contributed by atoms with Crippen LogP contribution in [-0.2, 0) is 16.6 Å². The van der Waals surface area contributed by atoms with E-state index < -0.39 is 0 Å². The first-order valence-electron chi connectivity index (χ1n) is 7.39. The summed E-state index contributed by atoms with van der Waals surface area (Å²) < 4.78 is 5.55. The summed E-state index contributed by atoms with van der Waals surface area (Å²) in [6.45, 7) is 3.45. The highest BCUT2D eigenvalue weighted by Crippen LogP contribution is 2.39. The number of rotatable bonds is 3. The van der Waals surface area contributed by atoms with Gasteiger partial charge in [0, 0.05) is 19.6 Å². The van der Waals surface area contributed by atoms with Crippen LogP contribution in [-0.4, -0.2) is 28.2 Å². The largest absolute Gasteiger partial charge is 0.381 e. The monoisotopic (exact) mass is 284 g/mol. The van der Waals surface area contributed by atoms with E-state index in [1.807, 2.05) is 13.0 Å². The fraction of sp³-hybridized carbons (Fsp3) is 0.438. The Morgan fingerprint density at radius 2 is 1.81 bits per heavy atom. The second-order valence-electron chi connectivity index (χ2n) is 5.35. The predicted molar refractivity (Wildman–Crippen MR) is 80.9 cm³/mol. The van der Waals surface area contributed by atoms with Crippen molar-refractivity contribution in [2.75, 3.05) is 18.9 Å². The Kier molecular flexibility index (Phi) is 3.84. The normalized spacial score (nSPS) is 17.6.